The molecule has 0 unspecified atom stereocenters. The molecule has 2 aromatic rings. The van der Waals surface area contributed by atoms with E-state index in [-0.39, 0.29) is 39.4 Å². The Balaban J connectivity index is 0.00000420. The third kappa shape index (κ3) is 7.34. The van der Waals surface area contributed by atoms with E-state index in [0.717, 1.165) is 11.1 Å². The van der Waals surface area contributed by atoms with Crippen molar-refractivity contribution in [2.24, 2.45) is 9.98 Å². The topological polar surface area (TPSA) is 65.2 Å². The molecule has 0 aliphatic carbocycles. The zero-order valence-electron chi connectivity index (χ0n) is 18.2. The maximum atomic E-state index is 10.0. The van der Waals surface area contributed by atoms with E-state index in [9.17, 15) is 10.2 Å². The molecule has 0 amide bonds. The van der Waals surface area contributed by atoms with Crippen LogP contribution >= 0.6 is 0 Å². The summed E-state index contributed by atoms with van der Waals surface area (Å²) in [5.41, 5.74) is 3.77. The molecule has 2 aromatic carbocycles. The molecule has 2 rings (SSSR count). The Bertz CT molecular complexity index is 802. The first-order chi connectivity index (χ1) is 13.0. The fourth-order valence-corrected chi connectivity index (χ4v) is 2.69. The molecular weight excluding hydrogens is 404 g/mol. The quantitative estimate of drug-likeness (QED) is 0.383. The fourth-order valence-electron chi connectivity index (χ4n) is 2.69. The molecule has 0 spiro atoms. The molecule has 158 valence electrons. The van der Waals surface area contributed by atoms with Crippen molar-refractivity contribution in [3.63, 3.8) is 0 Å². The second-order valence-electron chi connectivity index (χ2n) is 9.12. The summed E-state index contributed by atoms with van der Waals surface area (Å²) in [6, 6.07) is 11.2. The van der Waals surface area contributed by atoms with Gasteiger partial charge in [0.1, 0.15) is 11.5 Å². The molecule has 0 fully saturated rings. The molecule has 29 heavy (non-hydrogen) atoms. The molecule has 0 aliphatic rings. The summed E-state index contributed by atoms with van der Waals surface area (Å²) in [6.45, 7) is 13.8. The number of hydrogen-bond donors (Lipinski definition) is 2. The Labute approximate surface area is 185 Å². The Morgan fingerprint density at radius 1 is 0.690 bits per heavy atom. The number of rotatable bonds is 5. The second-order valence-corrected chi connectivity index (χ2v) is 9.12. The minimum atomic E-state index is 0. The van der Waals surface area contributed by atoms with Gasteiger partial charge in [0.2, 0.25) is 0 Å². The first-order valence-corrected chi connectivity index (χ1v) is 9.65. The average molecular weight is 436 g/mol. The number of aromatic hydroxyl groups is 2. The summed E-state index contributed by atoms with van der Waals surface area (Å²) in [6.07, 6.45) is 3.38. The van der Waals surface area contributed by atoms with Crippen LogP contribution in [0.3, 0.4) is 0 Å². The second kappa shape index (κ2) is 10.1. The van der Waals surface area contributed by atoms with Gasteiger partial charge >= 0.3 is 0 Å². The van der Waals surface area contributed by atoms with Crippen LogP contribution in [0.4, 0.5) is 0 Å². The summed E-state index contributed by atoms with van der Waals surface area (Å²) in [7, 11) is 0. The molecule has 0 bridgehead atoms. The van der Waals surface area contributed by atoms with E-state index in [1.807, 2.05) is 24.3 Å². The first kappa shape index (κ1) is 24.9. The summed E-state index contributed by atoms with van der Waals surface area (Å²) < 4.78 is 0. The van der Waals surface area contributed by atoms with Crippen molar-refractivity contribution in [1.29, 1.82) is 0 Å². The van der Waals surface area contributed by atoms with E-state index < -0.39 is 0 Å². The number of phenolic OH excluding ortho intramolecular Hbond substituents is 2. The predicted molar refractivity (Wildman–Crippen MR) is 119 cm³/mol. The Morgan fingerprint density at radius 3 is 1.34 bits per heavy atom. The summed E-state index contributed by atoms with van der Waals surface area (Å²) in [4.78, 5) is 8.75. The van der Waals surface area contributed by atoms with Gasteiger partial charge < -0.3 is 10.2 Å². The molecule has 4 nitrogen and oxygen atoms in total. The van der Waals surface area contributed by atoms with Gasteiger partial charge in [0, 0.05) is 40.6 Å². The van der Waals surface area contributed by atoms with Gasteiger partial charge in [-0.2, -0.15) is 0 Å². The van der Waals surface area contributed by atoms with Gasteiger partial charge in [-0.3, -0.25) is 9.98 Å². The van der Waals surface area contributed by atoms with E-state index in [1.165, 1.54) is 0 Å². The monoisotopic (exact) mass is 436 g/mol. The summed E-state index contributed by atoms with van der Waals surface area (Å²) in [5, 5.41) is 20.1. The van der Waals surface area contributed by atoms with Gasteiger partial charge in [-0.05, 0) is 46.2 Å². The number of phenols is 2. The van der Waals surface area contributed by atoms with Crippen LogP contribution in [0, 0.1) is 0 Å². The molecule has 0 atom stereocenters. The maximum absolute atomic E-state index is 10.0. The van der Waals surface area contributed by atoms with E-state index >= 15 is 0 Å². The zero-order valence-corrected chi connectivity index (χ0v) is 19.3. The first-order valence-electron chi connectivity index (χ1n) is 9.65. The molecule has 2 N–H and O–H groups in total. The van der Waals surface area contributed by atoms with Crippen LogP contribution in [0.1, 0.15) is 63.8 Å². The van der Waals surface area contributed by atoms with Crippen LogP contribution in [-0.2, 0) is 27.9 Å². The van der Waals surface area contributed by atoms with E-state index in [0.29, 0.717) is 24.2 Å². The molecule has 5 heteroatoms. The van der Waals surface area contributed by atoms with Crippen molar-refractivity contribution in [3.05, 3.63) is 58.7 Å². The van der Waals surface area contributed by atoms with Gasteiger partial charge in [-0.1, -0.05) is 53.7 Å². The largest absolute Gasteiger partial charge is 0.507 e. The van der Waals surface area contributed by atoms with Crippen molar-refractivity contribution >= 4 is 12.4 Å². The summed E-state index contributed by atoms with van der Waals surface area (Å²) in [5.74, 6) is 0.452. The van der Waals surface area contributed by atoms with Crippen LogP contribution in [0.2, 0.25) is 0 Å². The van der Waals surface area contributed by atoms with E-state index in [1.54, 1.807) is 24.6 Å². The van der Waals surface area contributed by atoms with Crippen LogP contribution < -0.4 is 0 Å². The maximum Gasteiger partial charge on any atom is 0.124 e. The van der Waals surface area contributed by atoms with Crippen LogP contribution in [0.15, 0.2) is 46.4 Å². The van der Waals surface area contributed by atoms with Gasteiger partial charge in [-0.15, -0.1) is 0 Å². The third-order valence-electron chi connectivity index (χ3n) is 4.61. The molecule has 0 saturated heterocycles. The SMILES string of the molecule is CC(C)(C)c1ccc(O)c(C=NCCN=Cc2cc(C(C)(C)C)ccc2O)c1.[Fe]. The Morgan fingerprint density at radius 2 is 1.03 bits per heavy atom. The van der Waals surface area contributed by atoms with Crippen LogP contribution in [-0.4, -0.2) is 35.7 Å². The van der Waals surface area contributed by atoms with Crippen molar-refractivity contribution < 1.29 is 27.3 Å². The van der Waals surface area contributed by atoms with Crippen molar-refractivity contribution in [3.8, 4) is 11.5 Å². The summed E-state index contributed by atoms with van der Waals surface area (Å²) >= 11 is 0. The number of aliphatic imine (C=N–C) groups is 2. The third-order valence-corrected chi connectivity index (χ3v) is 4.61. The number of hydrogen-bond acceptors (Lipinski definition) is 4. The molecule has 0 aromatic heterocycles. The standard InChI is InChI=1S/C24H32N2O2.Fe/c1-23(2,3)19-7-9-21(27)17(13-19)15-25-11-12-26-16-18-14-20(24(4,5)6)8-10-22(18)28;/h7-10,13-16,27-28H,11-12H2,1-6H3;. The van der Waals surface area contributed by atoms with Gasteiger partial charge in [0.25, 0.3) is 0 Å². The fraction of sp³-hybridized carbons (Fsp3) is 0.417. The van der Waals surface area contributed by atoms with E-state index in [4.69, 9.17) is 0 Å². The van der Waals surface area contributed by atoms with Gasteiger partial charge in [-0.25, -0.2) is 0 Å². The normalized spacial score (nSPS) is 12.5. The number of benzene rings is 2. The smallest absolute Gasteiger partial charge is 0.124 e. The zero-order chi connectivity index (χ0) is 20.9. The average Bonchev–Trinajstić information content (AvgIpc) is 2.58. The molecular formula is C24H32FeN2O2. The molecule has 0 heterocycles. The molecule has 0 radical (unpaired) electrons. The molecule has 0 saturated carbocycles. The van der Waals surface area contributed by atoms with Crippen LogP contribution in [0.5, 0.6) is 11.5 Å². The predicted octanol–water partition coefficient (Wildman–Crippen LogP) is 5.23. The number of nitrogens with zero attached hydrogens (tertiary/aromatic N) is 2. The minimum Gasteiger partial charge on any atom is -0.507 e. The van der Waals surface area contributed by atoms with Crippen molar-refractivity contribution in [1.82, 2.24) is 0 Å². The Kier molecular flexibility index (Phi) is 8.67. The van der Waals surface area contributed by atoms with Gasteiger partial charge in [0.15, 0.2) is 0 Å². The minimum absolute atomic E-state index is 0. The van der Waals surface area contributed by atoms with E-state index in [2.05, 4.69) is 51.5 Å². The Hall–Kier alpha value is -2.10. The van der Waals surface area contributed by atoms with Crippen molar-refractivity contribution in [2.45, 2.75) is 52.4 Å². The van der Waals surface area contributed by atoms with Crippen LogP contribution in [0.25, 0.3) is 0 Å². The van der Waals surface area contributed by atoms with Gasteiger partial charge in [0.05, 0.1) is 13.1 Å². The van der Waals surface area contributed by atoms with Crippen molar-refractivity contribution in [2.75, 3.05) is 13.1 Å². The molecule has 0 aliphatic heterocycles.